The molecule has 0 aliphatic carbocycles. The van der Waals surface area contributed by atoms with Crippen molar-refractivity contribution in [1.82, 2.24) is 0 Å². The molecule has 0 saturated heterocycles. The van der Waals surface area contributed by atoms with Crippen LogP contribution in [0.4, 0.5) is 11.4 Å². The summed E-state index contributed by atoms with van der Waals surface area (Å²) in [6.45, 7) is 0. The monoisotopic (exact) mass is 308 g/mol. The number of hydrogen-bond donors (Lipinski definition) is 2. The van der Waals surface area contributed by atoms with Crippen molar-refractivity contribution in [2.24, 2.45) is 0 Å². The lowest BCUT2D eigenvalue weighted by atomic mass is 10.0. The number of amides is 2. The Hall–Kier alpha value is -2.82. The second kappa shape index (κ2) is 5.43. The molecule has 2 aromatic carbocycles. The van der Waals surface area contributed by atoms with E-state index in [1.807, 2.05) is 36.4 Å². The van der Waals surface area contributed by atoms with Gasteiger partial charge >= 0.3 is 0 Å². The predicted octanol–water partition coefficient (Wildman–Crippen LogP) is 2.51. The normalized spacial score (nSPS) is 18.4. The van der Waals surface area contributed by atoms with Crippen molar-refractivity contribution in [2.75, 3.05) is 10.6 Å². The highest BCUT2D eigenvalue weighted by Crippen LogP contribution is 2.29. The van der Waals surface area contributed by atoms with Gasteiger partial charge in [0.15, 0.2) is 6.10 Å². The highest BCUT2D eigenvalue weighted by molar-refractivity contribution is 5.97. The van der Waals surface area contributed by atoms with E-state index >= 15 is 0 Å². The van der Waals surface area contributed by atoms with Crippen LogP contribution < -0.4 is 15.4 Å². The van der Waals surface area contributed by atoms with Crippen molar-refractivity contribution in [3.8, 4) is 5.75 Å². The quantitative estimate of drug-likeness (QED) is 0.896. The molecule has 0 saturated carbocycles. The topological polar surface area (TPSA) is 67.4 Å². The van der Waals surface area contributed by atoms with E-state index in [4.69, 9.17) is 4.74 Å². The number of hydrogen-bond acceptors (Lipinski definition) is 3. The average Bonchev–Trinajstić information content (AvgIpc) is 2.99. The fourth-order valence-electron chi connectivity index (χ4n) is 3.01. The summed E-state index contributed by atoms with van der Waals surface area (Å²) in [4.78, 5) is 23.8. The summed E-state index contributed by atoms with van der Waals surface area (Å²) in [5.41, 5.74) is 3.65. The summed E-state index contributed by atoms with van der Waals surface area (Å²) in [6.07, 6.45) is 1.26. The minimum absolute atomic E-state index is 0.0337. The van der Waals surface area contributed by atoms with Gasteiger partial charge in [-0.3, -0.25) is 9.59 Å². The maximum atomic E-state index is 12.4. The maximum Gasteiger partial charge on any atom is 0.265 e. The van der Waals surface area contributed by atoms with Crippen LogP contribution in [0.5, 0.6) is 5.75 Å². The summed E-state index contributed by atoms with van der Waals surface area (Å²) < 4.78 is 5.70. The van der Waals surface area contributed by atoms with E-state index in [1.165, 1.54) is 0 Å². The lowest BCUT2D eigenvalue weighted by molar-refractivity contribution is -0.122. The zero-order valence-electron chi connectivity index (χ0n) is 12.5. The molecule has 2 N–H and O–H groups in total. The summed E-state index contributed by atoms with van der Waals surface area (Å²) in [5.74, 6) is 0.660. The maximum absolute atomic E-state index is 12.4. The number of nitrogens with one attached hydrogen (secondary N) is 2. The first kappa shape index (κ1) is 13.8. The lowest BCUT2D eigenvalue weighted by Crippen LogP contribution is -2.31. The van der Waals surface area contributed by atoms with Gasteiger partial charge < -0.3 is 15.4 Å². The lowest BCUT2D eigenvalue weighted by Gasteiger charge is -2.18. The number of para-hydroxylation sites is 1. The molecule has 5 nitrogen and oxygen atoms in total. The van der Waals surface area contributed by atoms with Crippen LogP contribution in [0, 0.1) is 0 Å². The molecular formula is C18H16N2O3. The van der Waals surface area contributed by atoms with Crippen molar-refractivity contribution in [2.45, 2.75) is 25.4 Å². The van der Waals surface area contributed by atoms with E-state index in [9.17, 15) is 9.59 Å². The first-order valence-corrected chi connectivity index (χ1v) is 7.67. The van der Waals surface area contributed by atoms with E-state index in [0.717, 1.165) is 28.3 Å². The number of ether oxygens (including phenoxy) is 1. The fourth-order valence-corrected chi connectivity index (χ4v) is 3.01. The second-order valence-corrected chi connectivity index (χ2v) is 5.83. The molecule has 2 amide bonds. The van der Waals surface area contributed by atoms with Crippen molar-refractivity contribution in [3.63, 3.8) is 0 Å². The Morgan fingerprint density at radius 3 is 2.87 bits per heavy atom. The molecule has 23 heavy (non-hydrogen) atoms. The number of benzene rings is 2. The number of anilines is 2. The molecule has 0 spiro atoms. The molecule has 2 aliphatic rings. The highest BCUT2D eigenvalue weighted by Gasteiger charge is 2.29. The molecule has 0 aromatic heterocycles. The molecule has 4 rings (SSSR count). The Balaban J connectivity index is 1.47. The molecule has 5 heteroatoms. The van der Waals surface area contributed by atoms with Gasteiger partial charge in [-0.05, 0) is 41.8 Å². The van der Waals surface area contributed by atoms with E-state index in [1.54, 1.807) is 6.07 Å². The van der Waals surface area contributed by atoms with Crippen LogP contribution in [0.15, 0.2) is 42.5 Å². The number of carbonyl (C=O) groups excluding carboxylic acids is 2. The Bertz CT molecular complexity index is 776. The van der Waals surface area contributed by atoms with Gasteiger partial charge in [-0.15, -0.1) is 0 Å². The minimum atomic E-state index is -0.497. The van der Waals surface area contributed by atoms with Crippen LogP contribution in [0.25, 0.3) is 0 Å². The molecule has 0 fully saturated rings. The SMILES string of the molecule is O=C1CCc2cc(NC(=O)[C@@H]3Cc4ccccc4O3)ccc2N1. The van der Waals surface area contributed by atoms with Crippen LogP contribution in [-0.4, -0.2) is 17.9 Å². The number of carbonyl (C=O) groups is 2. The second-order valence-electron chi connectivity index (χ2n) is 5.83. The Morgan fingerprint density at radius 1 is 1.13 bits per heavy atom. The van der Waals surface area contributed by atoms with Crippen molar-refractivity contribution in [3.05, 3.63) is 53.6 Å². The van der Waals surface area contributed by atoms with Gasteiger partial charge in [0.1, 0.15) is 5.75 Å². The molecular weight excluding hydrogens is 292 g/mol. The van der Waals surface area contributed by atoms with Gasteiger partial charge in [0, 0.05) is 24.2 Å². The Kier molecular flexibility index (Phi) is 3.26. The fraction of sp³-hybridized carbons (Fsp3) is 0.222. The number of fused-ring (bicyclic) bond motifs is 2. The van der Waals surface area contributed by atoms with Crippen molar-refractivity contribution >= 4 is 23.2 Å². The van der Waals surface area contributed by atoms with Gasteiger partial charge in [-0.25, -0.2) is 0 Å². The smallest absolute Gasteiger partial charge is 0.265 e. The van der Waals surface area contributed by atoms with E-state index in [2.05, 4.69) is 10.6 Å². The van der Waals surface area contributed by atoms with Crippen molar-refractivity contribution in [1.29, 1.82) is 0 Å². The summed E-state index contributed by atoms with van der Waals surface area (Å²) in [7, 11) is 0. The zero-order valence-corrected chi connectivity index (χ0v) is 12.5. The van der Waals surface area contributed by atoms with Gasteiger partial charge in [-0.1, -0.05) is 18.2 Å². The third-order valence-electron chi connectivity index (χ3n) is 4.21. The van der Waals surface area contributed by atoms with Crippen LogP contribution in [0.3, 0.4) is 0 Å². The summed E-state index contributed by atoms with van der Waals surface area (Å²) in [6, 6.07) is 13.2. The third-order valence-corrected chi connectivity index (χ3v) is 4.21. The van der Waals surface area contributed by atoms with Gasteiger partial charge in [0.25, 0.3) is 5.91 Å². The number of aryl methyl sites for hydroxylation is 1. The van der Waals surface area contributed by atoms with E-state index in [0.29, 0.717) is 19.3 Å². The van der Waals surface area contributed by atoms with E-state index < -0.39 is 6.10 Å². The molecule has 2 aromatic rings. The largest absolute Gasteiger partial charge is 0.480 e. The predicted molar refractivity (Wildman–Crippen MR) is 86.6 cm³/mol. The first-order chi connectivity index (χ1) is 11.2. The van der Waals surface area contributed by atoms with Gasteiger partial charge in [0.2, 0.25) is 5.91 Å². The average molecular weight is 308 g/mol. The standard InChI is InChI=1S/C18H16N2O3/c21-17-8-5-11-9-13(6-7-14(11)20-17)19-18(22)16-10-12-3-1-2-4-15(12)23-16/h1-4,6-7,9,16H,5,8,10H2,(H,19,22)(H,20,21)/t16-/m0/s1. The van der Waals surface area contributed by atoms with Crippen LogP contribution in [0.2, 0.25) is 0 Å². The molecule has 2 aliphatic heterocycles. The van der Waals surface area contributed by atoms with Crippen LogP contribution >= 0.6 is 0 Å². The molecule has 116 valence electrons. The molecule has 1 atom stereocenters. The highest BCUT2D eigenvalue weighted by atomic mass is 16.5. The Labute approximate surface area is 133 Å². The van der Waals surface area contributed by atoms with E-state index in [-0.39, 0.29) is 11.8 Å². The Morgan fingerprint density at radius 2 is 2.00 bits per heavy atom. The summed E-state index contributed by atoms with van der Waals surface area (Å²) >= 11 is 0. The third kappa shape index (κ3) is 2.65. The van der Waals surface area contributed by atoms with Crippen LogP contribution in [0.1, 0.15) is 17.5 Å². The minimum Gasteiger partial charge on any atom is -0.480 e. The van der Waals surface area contributed by atoms with Crippen LogP contribution in [-0.2, 0) is 22.4 Å². The zero-order chi connectivity index (χ0) is 15.8. The summed E-state index contributed by atoms with van der Waals surface area (Å²) in [5, 5.41) is 5.73. The van der Waals surface area contributed by atoms with Gasteiger partial charge in [0.05, 0.1) is 0 Å². The molecule has 2 heterocycles. The van der Waals surface area contributed by atoms with Gasteiger partial charge in [-0.2, -0.15) is 0 Å². The number of rotatable bonds is 2. The molecule has 0 radical (unpaired) electrons. The first-order valence-electron chi connectivity index (χ1n) is 7.67. The molecule has 0 bridgehead atoms. The van der Waals surface area contributed by atoms with Crippen molar-refractivity contribution < 1.29 is 14.3 Å². The molecule has 0 unspecified atom stereocenters.